The number of hydrogen-bond acceptors (Lipinski definition) is 4. The standard InChI is InChI=1S/C20H20ClN3O3S/c1-13-7-4-5-8-16(13)22-20(25)14-11-18-17(12-15(14)21)24-10-6-2-3-9-19(24)23-28(18,26)27/h4-5,7-8,11-12H,2-3,6,9-10H2,1H3,(H,22,25). The van der Waals surface area contributed by atoms with Gasteiger partial charge in [-0.3, -0.25) is 4.79 Å². The predicted octanol–water partition coefficient (Wildman–Crippen LogP) is 4.38. The van der Waals surface area contributed by atoms with Gasteiger partial charge in [-0.1, -0.05) is 36.2 Å². The van der Waals surface area contributed by atoms with Crippen LogP contribution < -0.4 is 10.2 Å². The molecule has 0 aliphatic carbocycles. The van der Waals surface area contributed by atoms with Gasteiger partial charge in [-0.05, 0) is 43.5 Å². The number of rotatable bonds is 2. The molecule has 2 aliphatic heterocycles. The van der Waals surface area contributed by atoms with Crippen LogP contribution in [0.15, 0.2) is 45.7 Å². The minimum Gasteiger partial charge on any atom is -0.328 e. The Morgan fingerprint density at radius 3 is 2.75 bits per heavy atom. The minimum atomic E-state index is -3.87. The number of nitrogens with zero attached hydrogens (tertiary/aromatic N) is 2. The Bertz CT molecular complexity index is 1100. The second-order valence-electron chi connectivity index (χ2n) is 7.01. The van der Waals surface area contributed by atoms with Gasteiger partial charge < -0.3 is 10.2 Å². The van der Waals surface area contributed by atoms with Crippen molar-refractivity contribution in [3.05, 3.63) is 52.5 Å². The lowest BCUT2D eigenvalue weighted by molar-refractivity contribution is 0.102. The first-order chi connectivity index (χ1) is 13.4. The summed E-state index contributed by atoms with van der Waals surface area (Å²) >= 11 is 6.41. The molecule has 1 amide bonds. The highest BCUT2D eigenvalue weighted by Crippen LogP contribution is 2.38. The van der Waals surface area contributed by atoms with Crippen LogP contribution in [0.4, 0.5) is 11.4 Å². The Morgan fingerprint density at radius 2 is 1.96 bits per heavy atom. The van der Waals surface area contributed by atoms with Gasteiger partial charge in [0, 0.05) is 18.7 Å². The number of aryl methyl sites for hydroxylation is 1. The number of nitrogens with one attached hydrogen (secondary N) is 1. The Hall–Kier alpha value is -2.38. The van der Waals surface area contributed by atoms with Crippen molar-refractivity contribution in [3.8, 4) is 0 Å². The van der Waals surface area contributed by atoms with E-state index in [-0.39, 0.29) is 15.5 Å². The van der Waals surface area contributed by atoms with E-state index in [0.29, 0.717) is 30.2 Å². The zero-order valence-electron chi connectivity index (χ0n) is 15.4. The van der Waals surface area contributed by atoms with Crippen LogP contribution in [0.25, 0.3) is 0 Å². The summed E-state index contributed by atoms with van der Waals surface area (Å²) < 4.78 is 29.5. The highest BCUT2D eigenvalue weighted by atomic mass is 35.5. The monoisotopic (exact) mass is 417 g/mol. The molecular weight excluding hydrogens is 398 g/mol. The second-order valence-corrected chi connectivity index (χ2v) is 8.99. The van der Waals surface area contributed by atoms with Crippen LogP contribution in [0.3, 0.4) is 0 Å². The molecule has 2 aromatic rings. The van der Waals surface area contributed by atoms with Crippen LogP contribution >= 0.6 is 11.6 Å². The average molecular weight is 418 g/mol. The van der Waals surface area contributed by atoms with E-state index in [1.54, 1.807) is 12.1 Å². The van der Waals surface area contributed by atoms with E-state index in [2.05, 4.69) is 9.71 Å². The van der Waals surface area contributed by atoms with Gasteiger partial charge in [-0.15, -0.1) is 4.40 Å². The van der Waals surface area contributed by atoms with Gasteiger partial charge in [0.25, 0.3) is 15.9 Å². The number of sulfonamides is 1. The number of carbonyl (C=O) groups excluding carboxylic acids is 1. The van der Waals surface area contributed by atoms with Gasteiger partial charge in [0.2, 0.25) is 0 Å². The van der Waals surface area contributed by atoms with Crippen molar-refractivity contribution in [2.75, 3.05) is 16.8 Å². The number of anilines is 2. The van der Waals surface area contributed by atoms with Crippen LogP contribution in [0.5, 0.6) is 0 Å². The maximum absolute atomic E-state index is 12.8. The molecule has 146 valence electrons. The molecule has 1 fully saturated rings. The Labute approximate surface area is 169 Å². The molecule has 1 saturated heterocycles. The number of fused-ring (bicyclic) bond motifs is 3. The SMILES string of the molecule is Cc1ccccc1NC(=O)c1cc2c(cc1Cl)N1CCCCCC1=NS2(=O)=O. The number of hydrogen-bond donors (Lipinski definition) is 1. The third-order valence-corrected chi connectivity index (χ3v) is 6.72. The topological polar surface area (TPSA) is 78.8 Å². The van der Waals surface area contributed by atoms with Crippen LogP contribution in [-0.2, 0) is 10.0 Å². The summed E-state index contributed by atoms with van der Waals surface area (Å²) in [6.07, 6.45) is 3.50. The smallest absolute Gasteiger partial charge is 0.286 e. The first kappa shape index (κ1) is 19.0. The highest BCUT2D eigenvalue weighted by molar-refractivity contribution is 7.90. The molecule has 8 heteroatoms. The molecule has 0 unspecified atom stereocenters. The van der Waals surface area contributed by atoms with Gasteiger partial charge in [0.05, 0.1) is 16.3 Å². The van der Waals surface area contributed by atoms with E-state index in [4.69, 9.17) is 11.6 Å². The molecule has 1 N–H and O–H groups in total. The van der Waals surface area contributed by atoms with Crippen LogP contribution in [-0.4, -0.2) is 26.7 Å². The molecule has 2 aromatic carbocycles. The summed E-state index contributed by atoms with van der Waals surface area (Å²) in [6.45, 7) is 2.57. The number of carbonyl (C=O) groups is 1. The maximum Gasteiger partial charge on any atom is 0.286 e. The van der Waals surface area contributed by atoms with Gasteiger partial charge in [-0.2, -0.15) is 8.42 Å². The number of halogens is 1. The summed E-state index contributed by atoms with van der Waals surface area (Å²) in [5, 5.41) is 3.01. The van der Waals surface area contributed by atoms with E-state index in [1.165, 1.54) is 6.07 Å². The Kier molecular flexibility index (Phi) is 4.89. The molecule has 0 aromatic heterocycles. The normalized spacial score (nSPS) is 17.8. The fraction of sp³-hybridized carbons (Fsp3) is 0.300. The zero-order valence-corrected chi connectivity index (χ0v) is 17.0. The third kappa shape index (κ3) is 3.40. The largest absolute Gasteiger partial charge is 0.328 e. The molecule has 0 bridgehead atoms. The molecular formula is C20H20ClN3O3S. The number of amides is 1. The lowest BCUT2D eigenvalue weighted by Crippen LogP contribution is -2.35. The molecule has 4 rings (SSSR count). The quantitative estimate of drug-likeness (QED) is 0.786. The van der Waals surface area contributed by atoms with E-state index in [0.717, 1.165) is 24.8 Å². The molecule has 0 radical (unpaired) electrons. The van der Waals surface area contributed by atoms with Crippen molar-refractivity contribution in [2.24, 2.45) is 4.40 Å². The number of para-hydroxylation sites is 1. The summed E-state index contributed by atoms with van der Waals surface area (Å²) in [4.78, 5) is 14.7. The Balaban J connectivity index is 1.76. The zero-order chi connectivity index (χ0) is 19.9. The van der Waals surface area contributed by atoms with Crippen molar-refractivity contribution in [2.45, 2.75) is 37.5 Å². The first-order valence-electron chi connectivity index (χ1n) is 9.19. The van der Waals surface area contributed by atoms with Crippen LogP contribution in [0.2, 0.25) is 5.02 Å². The molecule has 0 atom stereocenters. The molecule has 28 heavy (non-hydrogen) atoms. The Morgan fingerprint density at radius 1 is 1.18 bits per heavy atom. The fourth-order valence-electron chi connectivity index (χ4n) is 3.57. The number of amidine groups is 1. The van der Waals surface area contributed by atoms with E-state index < -0.39 is 15.9 Å². The number of benzene rings is 2. The summed E-state index contributed by atoms with van der Waals surface area (Å²) in [7, 11) is -3.87. The fourth-order valence-corrected chi connectivity index (χ4v) is 5.08. The van der Waals surface area contributed by atoms with E-state index >= 15 is 0 Å². The maximum atomic E-state index is 12.8. The minimum absolute atomic E-state index is 0.0254. The average Bonchev–Trinajstić information content (AvgIpc) is 2.88. The van der Waals surface area contributed by atoms with E-state index in [9.17, 15) is 13.2 Å². The van der Waals surface area contributed by atoms with E-state index in [1.807, 2.05) is 30.0 Å². The summed E-state index contributed by atoms with van der Waals surface area (Å²) in [5.41, 5.74) is 2.17. The van der Waals surface area contributed by atoms with Crippen LogP contribution in [0.1, 0.15) is 41.6 Å². The van der Waals surface area contributed by atoms with Gasteiger partial charge in [0.1, 0.15) is 10.7 Å². The van der Waals surface area contributed by atoms with Gasteiger partial charge in [0.15, 0.2) is 0 Å². The van der Waals surface area contributed by atoms with Crippen molar-refractivity contribution in [1.29, 1.82) is 0 Å². The van der Waals surface area contributed by atoms with Crippen molar-refractivity contribution in [3.63, 3.8) is 0 Å². The molecule has 2 heterocycles. The molecule has 0 spiro atoms. The second kappa shape index (κ2) is 7.22. The van der Waals surface area contributed by atoms with Crippen molar-refractivity contribution >= 4 is 44.7 Å². The third-order valence-electron chi connectivity index (χ3n) is 5.07. The van der Waals surface area contributed by atoms with Crippen molar-refractivity contribution in [1.82, 2.24) is 0 Å². The molecule has 2 aliphatic rings. The first-order valence-corrected chi connectivity index (χ1v) is 11.0. The molecule has 6 nitrogen and oxygen atoms in total. The highest BCUT2D eigenvalue weighted by Gasteiger charge is 2.33. The van der Waals surface area contributed by atoms with Crippen molar-refractivity contribution < 1.29 is 13.2 Å². The molecule has 0 saturated carbocycles. The summed E-state index contributed by atoms with van der Waals surface area (Å²) in [6, 6.07) is 10.3. The van der Waals surface area contributed by atoms with Crippen LogP contribution in [0, 0.1) is 6.92 Å². The lowest BCUT2D eigenvalue weighted by Gasteiger charge is -2.30. The van der Waals surface area contributed by atoms with Gasteiger partial charge >= 0.3 is 0 Å². The lowest BCUT2D eigenvalue weighted by atomic mass is 10.1. The predicted molar refractivity (Wildman–Crippen MR) is 111 cm³/mol. The van der Waals surface area contributed by atoms with Gasteiger partial charge in [-0.25, -0.2) is 0 Å². The summed E-state index contributed by atoms with van der Waals surface area (Å²) in [5.74, 6) is 0.0983.